The molecular formula is C15H14ClNO3. The lowest BCUT2D eigenvalue weighted by molar-refractivity contribution is -0.134. The summed E-state index contributed by atoms with van der Waals surface area (Å²) in [5.41, 5.74) is 0.847. The fourth-order valence-electron chi connectivity index (χ4n) is 1.72. The van der Waals surface area contributed by atoms with E-state index in [-0.39, 0.29) is 18.5 Å². The fourth-order valence-corrected chi connectivity index (χ4v) is 1.99. The third-order valence-corrected chi connectivity index (χ3v) is 3.06. The number of ether oxygens (including phenoxy) is 1. The highest BCUT2D eigenvalue weighted by Crippen LogP contribution is 2.25. The van der Waals surface area contributed by atoms with Crippen molar-refractivity contribution in [3.8, 4) is 5.75 Å². The van der Waals surface area contributed by atoms with Gasteiger partial charge in [-0.25, -0.2) is 0 Å². The first-order valence-corrected chi connectivity index (χ1v) is 6.56. The van der Waals surface area contributed by atoms with E-state index in [0.717, 1.165) is 5.56 Å². The van der Waals surface area contributed by atoms with E-state index in [0.29, 0.717) is 10.8 Å². The van der Waals surface area contributed by atoms with Gasteiger partial charge in [0.1, 0.15) is 5.75 Å². The molecule has 1 aromatic carbocycles. The van der Waals surface area contributed by atoms with E-state index in [1.807, 2.05) is 13.0 Å². The van der Waals surface area contributed by atoms with Crippen LogP contribution in [0.1, 0.15) is 12.0 Å². The molecule has 0 saturated carbocycles. The van der Waals surface area contributed by atoms with E-state index in [4.69, 9.17) is 16.3 Å². The molecule has 2 aromatic rings. The molecule has 1 aromatic heterocycles. The van der Waals surface area contributed by atoms with Crippen LogP contribution in [0.15, 0.2) is 47.4 Å². The molecule has 0 fully saturated rings. The van der Waals surface area contributed by atoms with Crippen molar-refractivity contribution < 1.29 is 9.53 Å². The second-order valence-electron chi connectivity index (χ2n) is 4.39. The highest BCUT2D eigenvalue weighted by Gasteiger charge is 2.09. The Hall–Kier alpha value is -2.07. The number of hydrogen-bond donors (Lipinski definition) is 0. The van der Waals surface area contributed by atoms with Gasteiger partial charge in [0.25, 0.3) is 5.56 Å². The zero-order chi connectivity index (χ0) is 14.5. The van der Waals surface area contributed by atoms with Crippen molar-refractivity contribution in [2.45, 2.75) is 19.9 Å². The van der Waals surface area contributed by atoms with Crippen molar-refractivity contribution in [2.24, 2.45) is 0 Å². The largest absolute Gasteiger partial charge is 0.425 e. The predicted molar refractivity (Wildman–Crippen MR) is 77.1 cm³/mol. The van der Waals surface area contributed by atoms with Gasteiger partial charge in [-0.05, 0) is 30.7 Å². The van der Waals surface area contributed by atoms with Gasteiger partial charge in [0.05, 0.1) is 11.4 Å². The SMILES string of the molecule is Cc1ccc(OC(=O)CCn2ccccc2=O)c(Cl)c1. The topological polar surface area (TPSA) is 48.3 Å². The number of hydrogen-bond acceptors (Lipinski definition) is 3. The van der Waals surface area contributed by atoms with E-state index >= 15 is 0 Å². The average Bonchev–Trinajstić information content (AvgIpc) is 2.41. The molecule has 0 saturated heterocycles. The van der Waals surface area contributed by atoms with Gasteiger partial charge in [0.15, 0.2) is 0 Å². The number of carbonyl (C=O) groups is 1. The maximum absolute atomic E-state index is 11.7. The minimum atomic E-state index is -0.425. The second kappa shape index (κ2) is 6.39. The third kappa shape index (κ3) is 3.71. The summed E-state index contributed by atoms with van der Waals surface area (Å²) >= 11 is 5.98. The summed E-state index contributed by atoms with van der Waals surface area (Å²) in [5.74, 6) is -0.0887. The van der Waals surface area contributed by atoms with Gasteiger partial charge < -0.3 is 9.30 Å². The van der Waals surface area contributed by atoms with Crippen LogP contribution in [0.2, 0.25) is 5.02 Å². The molecule has 0 radical (unpaired) electrons. The standard InChI is InChI=1S/C15H14ClNO3/c1-11-5-6-13(12(16)10-11)20-15(19)7-9-17-8-3-2-4-14(17)18/h2-6,8,10H,7,9H2,1H3. The lowest BCUT2D eigenvalue weighted by atomic mass is 10.2. The number of pyridine rings is 1. The maximum atomic E-state index is 11.7. The van der Waals surface area contributed by atoms with Gasteiger partial charge in [0, 0.05) is 18.8 Å². The number of aryl methyl sites for hydroxylation is 2. The van der Waals surface area contributed by atoms with Crippen LogP contribution < -0.4 is 10.3 Å². The average molecular weight is 292 g/mol. The van der Waals surface area contributed by atoms with Crippen molar-refractivity contribution >= 4 is 17.6 Å². The van der Waals surface area contributed by atoms with Crippen molar-refractivity contribution in [3.05, 3.63) is 63.5 Å². The van der Waals surface area contributed by atoms with E-state index in [1.165, 1.54) is 10.6 Å². The van der Waals surface area contributed by atoms with Gasteiger partial charge >= 0.3 is 5.97 Å². The Bertz CT molecular complexity index is 679. The molecule has 0 aliphatic carbocycles. The number of benzene rings is 1. The van der Waals surface area contributed by atoms with Gasteiger partial charge in [-0.15, -0.1) is 0 Å². The minimum Gasteiger partial charge on any atom is -0.425 e. The molecular weight excluding hydrogens is 278 g/mol. The molecule has 0 spiro atoms. The van der Waals surface area contributed by atoms with Crippen molar-refractivity contribution in [1.29, 1.82) is 0 Å². The summed E-state index contributed by atoms with van der Waals surface area (Å²) in [7, 11) is 0. The summed E-state index contributed by atoms with van der Waals surface area (Å²) in [5, 5.41) is 0.398. The lowest BCUT2D eigenvalue weighted by Crippen LogP contribution is -2.21. The maximum Gasteiger partial charge on any atom is 0.313 e. The molecule has 0 aliphatic heterocycles. The molecule has 4 nitrogen and oxygen atoms in total. The predicted octanol–water partition coefficient (Wildman–Crippen LogP) is 2.81. The first kappa shape index (κ1) is 14.3. The molecule has 0 aliphatic rings. The molecule has 5 heteroatoms. The third-order valence-electron chi connectivity index (χ3n) is 2.77. The van der Waals surface area contributed by atoms with E-state index in [2.05, 4.69) is 0 Å². The normalized spacial score (nSPS) is 10.3. The van der Waals surface area contributed by atoms with Crippen molar-refractivity contribution in [3.63, 3.8) is 0 Å². The Kier molecular flexibility index (Phi) is 4.58. The molecule has 2 rings (SSSR count). The van der Waals surface area contributed by atoms with Crippen LogP contribution >= 0.6 is 11.6 Å². The molecule has 1 heterocycles. The smallest absolute Gasteiger partial charge is 0.313 e. The summed E-state index contributed by atoms with van der Waals surface area (Å²) in [6.07, 6.45) is 1.74. The van der Waals surface area contributed by atoms with Crippen molar-refractivity contribution in [1.82, 2.24) is 4.57 Å². The van der Waals surface area contributed by atoms with Crippen molar-refractivity contribution in [2.75, 3.05) is 0 Å². The monoisotopic (exact) mass is 291 g/mol. The summed E-state index contributed by atoms with van der Waals surface area (Å²) in [6.45, 7) is 2.18. The summed E-state index contributed by atoms with van der Waals surface area (Å²) in [6, 6.07) is 10.0. The Balaban J connectivity index is 1.96. The molecule has 104 valence electrons. The highest BCUT2D eigenvalue weighted by molar-refractivity contribution is 6.32. The molecule has 0 N–H and O–H groups in total. The van der Waals surface area contributed by atoms with Crippen LogP contribution in [0.5, 0.6) is 5.75 Å². The minimum absolute atomic E-state index is 0.105. The number of nitrogens with zero attached hydrogens (tertiary/aromatic N) is 1. The van der Waals surface area contributed by atoms with Gasteiger partial charge in [-0.3, -0.25) is 9.59 Å². The van der Waals surface area contributed by atoms with Crippen LogP contribution in [0.4, 0.5) is 0 Å². The van der Waals surface area contributed by atoms with Crippen LogP contribution in [0.25, 0.3) is 0 Å². The molecule has 0 bridgehead atoms. The van der Waals surface area contributed by atoms with Crippen LogP contribution in [-0.2, 0) is 11.3 Å². The number of esters is 1. The molecule has 0 atom stereocenters. The Labute approximate surface area is 121 Å². The van der Waals surface area contributed by atoms with E-state index in [9.17, 15) is 9.59 Å². The zero-order valence-electron chi connectivity index (χ0n) is 11.0. The van der Waals surface area contributed by atoms with Gasteiger partial charge in [-0.2, -0.15) is 0 Å². The highest BCUT2D eigenvalue weighted by atomic mass is 35.5. The van der Waals surface area contributed by atoms with E-state index < -0.39 is 5.97 Å². The lowest BCUT2D eigenvalue weighted by Gasteiger charge is -2.08. The van der Waals surface area contributed by atoms with E-state index in [1.54, 1.807) is 30.5 Å². The van der Waals surface area contributed by atoms with Crippen LogP contribution in [-0.4, -0.2) is 10.5 Å². The zero-order valence-corrected chi connectivity index (χ0v) is 11.8. The van der Waals surface area contributed by atoms with Gasteiger partial charge in [0.2, 0.25) is 0 Å². The first-order valence-electron chi connectivity index (χ1n) is 6.18. The van der Waals surface area contributed by atoms with Crippen LogP contribution in [0.3, 0.4) is 0 Å². The Morgan fingerprint density at radius 2 is 2.10 bits per heavy atom. The second-order valence-corrected chi connectivity index (χ2v) is 4.80. The number of aromatic nitrogens is 1. The molecule has 20 heavy (non-hydrogen) atoms. The fraction of sp³-hybridized carbons (Fsp3) is 0.200. The quantitative estimate of drug-likeness (QED) is 0.643. The number of halogens is 1. The summed E-state index contributed by atoms with van der Waals surface area (Å²) < 4.78 is 6.63. The van der Waals surface area contributed by atoms with Crippen LogP contribution in [0, 0.1) is 6.92 Å². The molecule has 0 amide bonds. The number of carbonyl (C=O) groups excluding carboxylic acids is 1. The first-order chi connectivity index (χ1) is 9.56. The summed E-state index contributed by atoms with van der Waals surface area (Å²) in [4.78, 5) is 23.2. The molecule has 0 unspecified atom stereocenters. The number of rotatable bonds is 4. The van der Waals surface area contributed by atoms with Gasteiger partial charge in [-0.1, -0.05) is 23.7 Å². The Morgan fingerprint density at radius 3 is 2.80 bits per heavy atom. The Morgan fingerprint density at radius 1 is 1.30 bits per heavy atom.